The van der Waals surface area contributed by atoms with E-state index in [4.69, 9.17) is 0 Å². The molecule has 0 radical (unpaired) electrons. The van der Waals surface area contributed by atoms with Crippen LogP contribution in [0.5, 0.6) is 0 Å². The molecule has 1 aliphatic rings. The molecule has 0 aromatic carbocycles. The van der Waals surface area contributed by atoms with Gasteiger partial charge in [0.25, 0.3) is 0 Å². The number of amides is 2. The number of halogens is 2. The van der Waals surface area contributed by atoms with Crippen LogP contribution in [0.25, 0.3) is 0 Å². The first kappa shape index (κ1) is 17.4. The highest BCUT2D eigenvalue weighted by Gasteiger charge is 2.20. The van der Waals surface area contributed by atoms with Crippen molar-refractivity contribution in [1.29, 1.82) is 0 Å². The number of likely N-dealkylation sites (tertiary alicyclic amines) is 1. The van der Waals surface area contributed by atoms with Crippen LogP contribution in [0.15, 0.2) is 0 Å². The van der Waals surface area contributed by atoms with E-state index < -0.39 is 6.55 Å². The monoisotopic (exact) mass is 328 g/mol. The topological polar surface area (TPSA) is 67.2 Å². The van der Waals surface area contributed by atoms with E-state index in [0.29, 0.717) is 21.6 Å². The van der Waals surface area contributed by atoms with Crippen molar-refractivity contribution in [2.45, 2.75) is 46.1 Å². The van der Waals surface area contributed by atoms with Crippen LogP contribution in [-0.2, 0) is 16.0 Å². The first-order valence-electron chi connectivity index (χ1n) is 7.77. The second-order valence-electron chi connectivity index (χ2n) is 5.74. The van der Waals surface area contributed by atoms with Gasteiger partial charge >= 0.3 is 6.55 Å². The van der Waals surface area contributed by atoms with Crippen LogP contribution >= 0.6 is 0 Å². The molecule has 2 rings (SSSR count). The average Bonchev–Trinajstić information content (AvgIpc) is 3.11. The fraction of sp³-hybridized carbons (Fsp3) is 0.667. The molecule has 0 bridgehead atoms. The van der Waals surface area contributed by atoms with Crippen LogP contribution < -0.4 is 5.32 Å². The van der Waals surface area contributed by atoms with E-state index in [-0.39, 0.29) is 31.2 Å². The van der Waals surface area contributed by atoms with Gasteiger partial charge in [-0.3, -0.25) is 9.59 Å². The average molecular weight is 328 g/mol. The van der Waals surface area contributed by atoms with E-state index in [0.717, 1.165) is 25.9 Å². The summed E-state index contributed by atoms with van der Waals surface area (Å²) in [5.41, 5.74) is 1.22. The highest BCUT2D eigenvalue weighted by Crippen LogP contribution is 2.19. The molecule has 0 unspecified atom stereocenters. The Morgan fingerprint density at radius 3 is 2.48 bits per heavy atom. The highest BCUT2D eigenvalue weighted by molar-refractivity contribution is 5.81. The molecule has 23 heavy (non-hydrogen) atoms. The van der Waals surface area contributed by atoms with Gasteiger partial charge in [0, 0.05) is 37.3 Å². The van der Waals surface area contributed by atoms with E-state index in [1.54, 1.807) is 11.8 Å². The number of carbonyl (C=O) groups is 2. The number of alkyl halides is 2. The summed E-state index contributed by atoms with van der Waals surface area (Å²) in [4.78, 5) is 25.6. The molecule has 1 aliphatic heterocycles. The van der Waals surface area contributed by atoms with Gasteiger partial charge in [-0.1, -0.05) is 0 Å². The Balaban J connectivity index is 1.82. The molecule has 1 aromatic heterocycles. The fourth-order valence-electron chi connectivity index (χ4n) is 2.80. The second kappa shape index (κ2) is 7.52. The van der Waals surface area contributed by atoms with Crippen LogP contribution in [0.1, 0.15) is 42.8 Å². The highest BCUT2D eigenvalue weighted by atomic mass is 19.3. The number of hydrogen-bond donors (Lipinski definition) is 1. The predicted molar refractivity (Wildman–Crippen MR) is 80.1 cm³/mol. The molecular weight excluding hydrogens is 306 g/mol. The van der Waals surface area contributed by atoms with Crippen molar-refractivity contribution >= 4 is 11.8 Å². The Morgan fingerprint density at radius 2 is 1.91 bits per heavy atom. The van der Waals surface area contributed by atoms with E-state index in [1.165, 1.54) is 6.92 Å². The zero-order chi connectivity index (χ0) is 17.0. The van der Waals surface area contributed by atoms with E-state index in [1.807, 2.05) is 0 Å². The minimum absolute atomic E-state index is 0.0116. The number of rotatable bonds is 6. The van der Waals surface area contributed by atoms with Crippen molar-refractivity contribution in [2.24, 2.45) is 0 Å². The number of aromatic nitrogens is 2. The van der Waals surface area contributed by atoms with Gasteiger partial charge in [-0.15, -0.1) is 0 Å². The summed E-state index contributed by atoms with van der Waals surface area (Å²) in [5, 5.41) is 6.42. The molecular formula is C15H22F2N4O2. The standard InChI is InChI=1S/C15H22F2N4O2/c1-10-12(11(2)21(19-10)15(16)17)9-13(22)18-6-5-14(23)20-7-3-4-8-20/h15H,3-9H2,1-2H3,(H,18,22). The number of nitrogens with zero attached hydrogens (tertiary/aromatic N) is 3. The van der Waals surface area contributed by atoms with Crippen molar-refractivity contribution in [2.75, 3.05) is 19.6 Å². The number of hydrogen-bond acceptors (Lipinski definition) is 3. The SMILES string of the molecule is Cc1nn(C(F)F)c(C)c1CC(=O)NCCC(=O)N1CCCC1. The van der Waals surface area contributed by atoms with Gasteiger partial charge in [-0.05, 0) is 26.7 Å². The van der Waals surface area contributed by atoms with Crippen molar-refractivity contribution < 1.29 is 18.4 Å². The van der Waals surface area contributed by atoms with Crippen LogP contribution in [-0.4, -0.2) is 46.1 Å². The Kier molecular flexibility index (Phi) is 5.68. The zero-order valence-electron chi connectivity index (χ0n) is 13.4. The third-order valence-electron chi connectivity index (χ3n) is 4.12. The van der Waals surface area contributed by atoms with Crippen molar-refractivity contribution in [3.63, 3.8) is 0 Å². The quantitative estimate of drug-likeness (QED) is 0.862. The molecule has 2 heterocycles. The summed E-state index contributed by atoms with van der Waals surface area (Å²) in [6.45, 7) is 2.24. The molecule has 0 spiro atoms. The first-order valence-corrected chi connectivity index (χ1v) is 7.77. The van der Waals surface area contributed by atoms with Crippen molar-refractivity contribution in [3.05, 3.63) is 17.0 Å². The molecule has 0 aliphatic carbocycles. The van der Waals surface area contributed by atoms with Crippen LogP contribution in [0, 0.1) is 13.8 Å². The van der Waals surface area contributed by atoms with Crippen molar-refractivity contribution in [1.82, 2.24) is 20.0 Å². The molecule has 6 nitrogen and oxygen atoms in total. The van der Waals surface area contributed by atoms with Gasteiger partial charge in [0.15, 0.2) is 0 Å². The van der Waals surface area contributed by atoms with Crippen molar-refractivity contribution in [3.8, 4) is 0 Å². The molecule has 1 saturated heterocycles. The number of nitrogens with one attached hydrogen (secondary N) is 1. The molecule has 1 aromatic rings. The lowest BCUT2D eigenvalue weighted by Gasteiger charge is -2.15. The normalized spacial score (nSPS) is 14.6. The number of aryl methyl sites for hydroxylation is 1. The summed E-state index contributed by atoms with van der Waals surface area (Å²) < 4.78 is 26.1. The summed E-state index contributed by atoms with van der Waals surface area (Å²) in [7, 11) is 0. The Labute approximate surface area is 133 Å². The number of carbonyl (C=O) groups excluding carboxylic acids is 2. The Hall–Kier alpha value is -1.99. The third-order valence-corrected chi connectivity index (χ3v) is 4.12. The third kappa shape index (κ3) is 4.27. The lowest BCUT2D eigenvalue weighted by molar-refractivity contribution is -0.130. The van der Waals surface area contributed by atoms with Crippen LogP contribution in [0.2, 0.25) is 0 Å². The Bertz CT molecular complexity index is 580. The summed E-state index contributed by atoms with van der Waals surface area (Å²) >= 11 is 0. The summed E-state index contributed by atoms with van der Waals surface area (Å²) in [6.07, 6.45) is 2.32. The molecule has 8 heteroatoms. The van der Waals surface area contributed by atoms with Gasteiger partial charge in [-0.2, -0.15) is 13.9 Å². The maximum absolute atomic E-state index is 12.8. The molecule has 0 atom stereocenters. The second-order valence-corrected chi connectivity index (χ2v) is 5.74. The van der Waals surface area contributed by atoms with Gasteiger partial charge in [-0.25, -0.2) is 4.68 Å². The first-order chi connectivity index (χ1) is 10.9. The van der Waals surface area contributed by atoms with Crippen LogP contribution in [0.4, 0.5) is 8.78 Å². The smallest absolute Gasteiger partial charge is 0.333 e. The molecule has 0 saturated carbocycles. The van der Waals surface area contributed by atoms with E-state index >= 15 is 0 Å². The minimum atomic E-state index is -2.72. The van der Waals surface area contributed by atoms with E-state index in [9.17, 15) is 18.4 Å². The maximum atomic E-state index is 12.8. The summed E-state index contributed by atoms with van der Waals surface area (Å²) in [6, 6.07) is 0. The van der Waals surface area contributed by atoms with Gasteiger partial charge in [0.2, 0.25) is 11.8 Å². The van der Waals surface area contributed by atoms with Crippen LogP contribution in [0.3, 0.4) is 0 Å². The fourth-order valence-corrected chi connectivity index (χ4v) is 2.80. The summed E-state index contributed by atoms with van der Waals surface area (Å²) in [5.74, 6) is -0.250. The molecule has 2 amide bonds. The molecule has 1 fully saturated rings. The largest absolute Gasteiger partial charge is 0.355 e. The van der Waals surface area contributed by atoms with Gasteiger partial charge in [0.1, 0.15) is 0 Å². The van der Waals surface area contributed by atoms with E-state index in [2.05, 4.69) is 10.4 Å². The minimum Gasteiger partial charge on any atom is -0.355 e. The lowest BCUT2D eigenvalue weighted by Crippen LogP contribution is -2.33. The molecule has 1 N–H and O–H groups in total. The van der Waals surface area contributed by atoms with Gasteiger partial charge < -0.3 is 10.2 Å². The Morgan fingerprint density at radius 1 is 1.26 bits per heavy atom. The van der Waals surface area contributed by atoms with Gasteiger partial charge in [0.05, 0.1) is 12.1 Å². The lowest BCUT2D eigenvalue weighted by atomic mass is 10.1. The zero-order valence-corrected chi connectivity index (χ0v) is 13.4. The maximum Gasteiger partial charge on any atom is 0.333 e. The predicted octanol–water partition coefficient (Wildman–Crippen LogP) is 1.57. The molecule has 128 valence electrons.